The monoisotopic (exact) mass is 299 g/mol. The molecular formula is C19H25NO2. The number of carbonyl (C=O) groups is 2. The predicted molar refractivity (Wildman–Crippen MR) is 89.4 cm³/mol. The van der Waals surface area contributed by atoms with Crippen LogP contribution in [0.1, 0.15) is 68.8 Å². The molecule has 0 radical (unpaired) electrons. The highest BCUT2D eigenvalue weighted by atomic mass is 16.2. The highest BCUT2D eigenvalue weighted by molar-refractivity contribution is 6.21. The fraction of sp³-hybridized carbons (Fsp3) is 0.474. The van der Waals surface area contributed by atoms with Gasteiger partial charge in [0.1, 0.15) is 0 Å². The molecule has 118 valence electrons. The number of fused-ring (bicyclic) bond motifs is 1. The van der Waals surface area contributed by atoms with E-state index in [9.17, 15) is 9.59 Å². The lowest BCUT2D eigenvalue weighted by Gasteiger charge is -2.10. The van der Waals surface area contributed by atoms with Crippen molar-refractivity contribution in [1.29, 1.82) is 0 Å². The molecule has 1 aromatic carbocycles. The minimum absolute atomic E-state index is 0.0420. The lowest BCUT2D eigenvalue weighted by molar-refractivity contribution is -0.120. The number of allylic oxidation sites excluding steroid dienone is 2. The highest BCUT2D eigenvalue weighted by Crippen LogP contribution is 2.35. The molecule has 1 N–H and O–H groups in total. The van der Waals surface area contributed by atoms with Crippen LogP contribution in [0.15, 0.2) is 30.0 Å². The van der Waals surface area contributed by atoms with Gasteiger partial charge in [-0.3, -0.25) is 9.59 Å². The van der Waals surface area contributed by atoms with E-state index in [1.54, 1.807) is 0 Å². The standard InChI is InChI=1S/C19H25NO2/c1-4-8-17(21)20-18-15(12-7-9-13(2)3)14-10-5-6-11-16(14)19(18)22/h5-6,10-11,13H,4,7-9,12H2,1-3H3,(H,20,21,22). The Kier molecular flexibility index (Phi) is 5.53. The summed E-state index contributed by atoms with van der Waals surface area (Å²) in [5.74, 6) is 0.533. The molecule has 0 fully saturated rings. The van der Waals surface area contributed by atoms with Crippen molar-refractivity contribution in [3.05, 3.63) is 41.1 Å². The number of hydrogen-bond donors (Lipinski definition) is 1. The molecule has 0 aromatic heterocycles. The Morgan fingerprint density at radius 2 is 1.86 bits per heavy atom. The van der Waals surface area contributed by atoms with Crippen LogP contribution < -0.4 is 5.32 Å². The van der Waals surface area contributed by atoms with E-state index in [2.05, 4.69) is 19.2 Å². The Hall–Kier alpha value is -1.90. The van der Waals surface area contributed by atoms with Crippen LogP contribution in [0.5, 0.6) is 0 Å². The van der Waals surface area contributed by atoms with Crippen molar-refractivity contribution in [1.82, 2.24) is 5.32 Å². The van der Waals surface area contributed by atoms with Crippen LogP contribution in [-0.4, -0.2) is 11.7 Å². The van der Waals surface area contributed by atoms with Crippen LogP contribution in [0.2, 0.25) is 0 Å². The molecule has 3 heteroatoms. The maximum Gasteiger partial charge on any atom is 0.224 e. The average molecular weight is 299 g/mol. The maximum absolute atomic E-state index is 12.6. The van der Waals surface area contributed by atoms with Crippen LogP contribution in [0.3, 0.4) is 0 Å². The first-order chi connectivity index (χ1) is 10.5. The summed E-state index contributed by atoms with van der Waals surface area (Å²) in [5.41, 5.74) is 3.21. The van der Waals surface area contributed by atoms with Crippen LogP contribution in [-0.2, 0) is 4.79 Å². The van der Waals surface area contributed by atoms with Gasteiger partial charge in [-0.1, -0.05) is 51.5 Å². The van der Waals surface area contributed by atoms with Gasteiger partial charge in [-0.2, -0.15) is 0 Å². The maximum atomic E-state index is 12.6. The number of nitrogens with one attached hydrogen (secondary N) is 1. The van der Waals surface area contributed by atoms with Gasteiger partial charge >= 0.3 is 0 Å². The molecule has 0 aliphatic heterocycles. The van der Waals surface area contributed by atoms with Gasteiger partial charge in [0.05, 0.1) is 5.70 Å². The molecule has 1 aromatic rings. The van der Waals surface area contributed by atoms with Crippen molar-refractivity contribution < 1.29 is 9.59 Å². The zero-order valence-electron chi connectivity index (χ0n) is 13.7. The predicted octanol–water partition coefficient (Wildman–Crippen LogP) is 4.34. The third kappa shape index (κ3) is 3.65. The third-order valence-electron chi connectivity index (χ3n) is 3.98. The van der Waals surface area contributed by atoms with E-state index >= 15 is 0 Å². The van der Waals surface area contributed by atoms with Gasteiger partial charge in [0.2, 0.25) is 11.7 Å². The molecule has 0 bridgehead atoms. The van der Waals surface area contributed by atoms with E-state index in [1.165, 1.54) is 0 Å². The second-order valence-corrected chi connectivity index (χ2v) is 6.31. The number of hydrogen-bond acceptors (Lipinski definition) is 2. The second kappa shape index (κ2) is 7.39. The fourth-order valence-electron chi connectivity index (χ4n) is 2.86. The van der Waals surface area contributed by atoms with Crippen LogP contribution >= 0.6 is 0 Å². The highest BCUT2D eigenvalue weighted by Gasteiger charge is 2.29. The quantitative estimate of drug-likeness (QED) is 0.814. The number of rotatable bonds is 7. The van der Waals surface area contributed by atoms with Crippen molar-refractivity contribution in [2.75, 3.05) is 0 Å². The molecule has 3 nitrogen and oxygen atoms in total. The summed E-state index contributed by atoms with van der Waals surface area (Å²) in [4.78, 5) is 24.5. The first-order valence-electron chi connectivity index (χ1n) is 8.21. The third-order valence-corrected chi connectivity index (χ3v) is 3.98. The molecule has 0 spiro atoms. The van der Waals surface area contributed by atoms with Crippen molar-refractivity contribution in [3.63, 3.8) is 0 Å². The zero-order valence-corrected chi connectivity index (χ0v) is 13.7. The van der Waals surface area contributed by atoms with Gasteiger partial charge in [0.15, 0.2) is 0 Å². The van der Waals surface area contributed by atoms with Gasteiger partial charge in [0.25, 0.3) is 0 Å². The molecular weight excluding hydrogens is 274 g/mol. The summed E-state index contributed by atoms with van der Waals surface area (Å²) in [6.45, 7) is 6.36. The number of benzene rings is 1. The average Bonchev–Trinajstić information content (AvgIpc) is 2.73. The van der Waals surface area contributed by atoms with Crippen LogP contribution in [0.4, 0.5) is 0 Å². The summed E-state index contributed by atoms with van der Waals surface area (Å²) >= 11 is 0. The summed E-state index contributed by atoms with van der Waals surface area (Å²) in [5, 5.41) is 2.86. The van der Waals surface area contributed by atoms with Crippen LogP contribution in [0, 0.1) is 5.92 Å². The number of ketones is 1. The molecule has 0 saturated heterocycles. The van der Waals surface area contributed by atoms with Gasteiger partial charge in [-0.15, -0.1) is 0 Å². The second-order valence-electron chi connectivity index (χ2n) is 6.31. The number of Topliss-reactive ketones (excluding diaryl/α,β-unsaturated/α-hetero) is 1. The first-order valence-corrected chi connectivity index (χ1v) is 8.21. The summed E-state index contributed by atoms with van der Waals surface area (Å²) in [7, 11) is 0. The van der Waals surface area contributed by atoms with Gasteiger partial charge in [-0.25, -0.2) is 0 Å². The summed E-state index contributed by atoms with van der Waals surface area (Å²) in [6.07, 6.45) is 4.22. The lowest BCUT2D eigenvalue weighted by Crippen LogP contribution is -2.26. The SMILES string of the molecule is CCCC(=O)NC1=C(CCCC(C)C)c2ccccc2C1=O. The topological polar surface area (TPSA) is 46.2 Å². The normalized spacial score (nSPS) is 13.7. The molecule has 0 saturated carbocycles. The van der Waals surface area contributed by atoms with E-state index in [4.69, 9.17) is 0 Å². The molecule has 0 unspecified atom stereocenters. The zero-order chi connectivity index (χ0) is 16.1. The van der Waals surface area contributed by atoms with E-state index in [0.29, 0.717) is 23.6 Å². The summed E-state index contributed by atoms with van der Waals surface area (Å²) < 4.78 is 0. The Balaban J connectivity index is 2.26. The molecule has 0 atom stereocenters. The number of amides is 1. The smallest absolute Gasteiger partial charge is 0.224 e. The minimum Gasteiger partial charge on any atom is -0.323 e. The first kappa shape index (κ1) is 16.5. The number of carbonyl (C=O) groups excluding carboxylic acids is 2. The van der Waals surface area contributed by atoms with E-state index < -0.39 is 0 Å². The Morgan fingerprint density at radius 1 is 1.18 bits per heavy atom. The van der Waals surface area contributed by atoms with Gasteiger partial charge < -0.3 is 5.32 Å². The Bertz CT molecular complexity index is 599. The molecule has 1 aliphatic rings. The van der Waals surface area contributed by atoms with E-state index in [1.807, 2.05) is 31.2 Å². The van der Waals surface area contributed by atoms with Gasteiger partial charge in [-0.05, 0) is 36.3 Å². The van der Waals surface area contributed by atoms with Crippen molar-refractivity contribution in [2.45, 2.75) is 52.9 Å². The summed E-state index contributed by atoms with van der Waals surface area (Å²) in [6, 6.07) is 7.65. The lowest BCUT2D eigenvalue weighted by atomic mass is 9.98. The molecule has 1 amide bonds. The van der Waals surface area contributed by atoms with Crippen LogP contribution in [0.25, 0.3) is 5.57 Å². The Labute approximate surface area is 132 Å². The van der Waals surface area contributed by atoms with Gasteiger partial charge in [0, 0.05) is 12.0 Å². The van der Waals surface area contributed by atoms with Crippen molar-refractivity contribution in [2.24, 2.45) is 5.92 Å². The van der Waals surface area contributed by atoms with Crippen molar-refractivity contribution >= 4 is 17.3 Å². The molecule has 1 aliphatic carbocycles. The van der Waals surface area contributed by atoms with Crippen molar-refractivity contribution in [3.8, 4) is 0 Å². The fourth-order valence-corrected chi connectivity index (χ4v) is 2.86. The minimum atomic E-state index is -0.0694. The van der Waals surface area contributed by atoms with E-state index in [-0.39, 0.29) is 11.7 Å². The largest absolute Gasteiger partial charge is 0.323 e. The Morgan fingerprint density at radius 3 is 2.50 bits per heavy atom. The molecule has 22 heavy (non-hydrogen) atoms. The molecule has 2 rings (SSSR count). The molecule has 0 heterocycles. The van der Waals surface area contributed by atoms with E-state index in [0.717, 1.165) is 36.8 Å².